The summed E-state index contributed by atoms with van der Waals surface area (Å²) in [4.78, 5) is 15.9. The molecule has 0 atom stereocenters. The summed E-state index contributed by atoms with van der Waals surface area (Å²) in [5.74, 6) is 0.424. The first-order valence-electron chi connectivity index (χ1n) is 11.8. The Morgan fingerprint density at radius 2 is 1.44 bits per heavy atom. The molecule has 0 saturated carbocycles. The summed E-state index contributed by atoms with van der Waals surface area (Å²) in [7, 11) is 0. The quantitative estimate of drug-likeness (QED) is 0.678. The maximum Gasteiger partial charge on any atom is 0.289 e. The van der Waals surface area contributed by atoms with Gasteiger partial charge in [0.15, 0.2) is 5.76 Å². The molecule has 0 spiro atoms. The summed E-state index contributed by atoms with van der Waals surface area (Å²) in [6.45, 7) is 17.9. The second-order valence-electron chi connectivity index (χ2n) is 7.21. The zero-order valence-electron chi connectivity index (χ0n) is 20.6. The van der Waals surface area contributed by atoms with Crippen LogP contribution in [-0.2, 0) is 0 Å². The molecular weight excluding hydrogens is 400 g/mol. The van der Waals surface area contributed by atoms with Crippen molar-refractivity contribution in [2.45, 2.75) is 34.6 Å². The van der Waals surface area contributed by atoms with E-state index in [0.29, 0.717) is 5.76 Å². The number of furan rings is 1. The lowest BCUT2D eigenvalue weighted by atomic mass is 10.1. The number of benzene rings is 1. The van der Waals surface area contributed by atoms with Crippen molar-refractivity contribution >= 4 is 11.6 Å². The predicted molar refractivity (Wildman–Crippen MR) is 136 cm³/mol. The molecule has 3 heterocycles. The monoisotopic (exact) mass is 442 g/mol. The number of carbonyl (C=O) groups is 1. The highest BCUT2D eigenvalue weighted by Crippen LogP contribution is 2.19. The van der Waals surface area contributed by atoms with E-state index in [1.807, 2.05) is 39.8 Å². The molecule has 32 heavy (non-hydrogen) atoms. The van der Waals surface area contributed by atoms with Gasteiger partial charge in [0, 0.05) is 58.0 Å². The van der Waals surface area contributed by atoms with Gasteiger partial charge in [0.2, 0.25) is 0 Å². The number of nitrogens with one attached hydrogen (secondary N) is 2. The van der Waals surface area contributed by atoms with Crippen molar-refractivity contribution < 1.29 is 9.21 Å². The summed E-state index contributed by atoms with van der Waals surface area (Å²) in [6.07, 6.45) is 5.52. The Balaban J connectivity index is 0.000000258. The van der Waals surface area contributed by atoms with Crippen LogP contribution in [0.5, 0.6) is 0 Å². The molecule has 0 radical (unpaired) electrons. The average Bonchev–Trinajstić information content (AvgIpc) is 3.42. The van der Waals surface area contributed by atoms with E-state index < -0.39 is 0 Å². The van der Waals surface area contributed by atoms with Crippen molar-refractivity contribution in [1.82, 2.24) is 15.5 Å². The van der Waals surface area contributed by atoms with Crippen LogP contribution in [0.2, 0.25) is 0 Å². The molecule has 2 fully saturated rings. The van der Waals surface area contributed by atoms with Gasteiger partial charge in [-0.25, -0.2) is 0 Å². The largest absolute Gasteiger partial charge is 0.459 e. The minimum absolute atomic E-state index is 0.00787. The number of piperazine rings is 2. The van der Waals surface area contributed by atoms with Crippen molar-refractivity contribution in [3.63, 3.8) is 0 Å². The van der Waals surface area contributed by atoms with Gasteiger partial charge < -0.3 is 24.9 Å². The Bertz CT molecular complexity index is 743. The molecule has 4 rings (SSSR count). The van der Waals surface area contributed by atoms with E-state index in [4.69, 9.17) is 4.42 Å². The van der Waals surface area contributed by atoms with Gasteiger partial charge >= 0.3 is 0 Å². The topological polar surface area (TPSA) is 60.8 Å². The maximum absolute atomic E-state index is 11.7. The Morgan fingerprint density at radius 1 is 0.875 bits per heavy atom. The Kier molecular flexibility index (Phi) is 14.6. The van der Waals surface area contributed by atoms with Crippen molar-refractivity contribution in [1.29, 1.82) is 0 Å². The Hall–Kier alpha value is -2.57. The second-order valence-corrected chi connectivity index (χ2v) is 7.21. The smallest absolute Gasteiger partial charge is 0.289 e. The zero-order valence-corrected chi connectivity index (χ0v) is 20.6. The number of nitrogens with zero attached hydrogens (tertiary/aromatic N) is 2. The summed E-state index contributed by atoms with van der Waals surface area (Å²) >= 11 is 0. The average molecular weight is 443 g/mol. The molecule has 1 aromatic carbocycles. The molecule has 2 saturated heterocycles. The molecule has 1 amide bonds. The van der Waals surface area contributed by atoms with Gasteiger partial charge in [0.25, 0.3) is 5.91 Å². The lowest BCUT2D eigenvalue weighted by Gasteiger charge is -2.30. The first-order valence-corrected chi connectivity index (χ1v) is 11.8. The van der Waals surface area contributed by atoms with Crippen LogP contribution in [0.1, 0.15) is 43.8 Å². The molecule has 6 heteroatoms. The Labute approximate surface area is 194 Å². The first-order chi connectivity index (χ1) is 15.7. The molecule has 0 unspecified atom stereocenters. The van der Waals surface area contributed by atoms with E-state index in [-0.39, 0.29) is 5.91 Å². The van der Waals surface area contributed by atoms with Crippen molar-refractivity contribution in [3.8, 4) is 0 Å². The third-order valence-electron chi connectivity index (χ3n) is 5.04. The molecule has 6 nitrogen and oxygen atoms in total. The van der Waals surface area contributed by atoms with Crippen LogP contribution in [0.15, 0.2) is 59.2 Å². The minimum Gasteiger partial charge on any atom is -0.459 e. The highest BCUT2D eigenvalue weighted by Gasteiger charge is 2.19. The number of aryl methyl sites for hydroxylation is 1. The van der Waals surface area contributed by atoms with Gasteiger partial charge in [-0.3, -0.25) is 4.79 Å². The lowest BCUT2D eigenvalue weighted by molar-refractivity contribution is 0.0703. The van der Waals surface area contributed by atoms with Gasteiger partial charge in [0.05, 0.1) is 6.26 Å². The number of amides is 1. The van der Waals surface area contributed by atoms with Crippen molar-refractivity contribution in [2.75, 3.05) is 57.3 Å². The summed E-state index contributed by atoms with van der Waals surface area (Å²) < 4.78 is 5.04. The van der Waals surface area contributed by atoms with E-state index in [0.717, 1.165) is 52.4 Å². The van der Waals surface area contributed by atoms with Gasteiger partial charge in [-0.1, -0.05) is 44.2 Å². The van der Waals surface area contributed by atoms with E-state index in [1.165, 1.54) is 17.5 Å². The maximum atomic E-state index is 11.7. The van der Waals surface area contributed by atoms with Crippen LogP contribution in [-0.4, -0.2) is 63.2 Å². The van der Waals surface area contributed by atoms with Gasteiger partial charge in [-0.05, 0) is 44.5 Å². The fourth-order valence-corrected chi connectivity index (χ4v) is 3.25. The number of para-hydroxylation sites is 1. The van der Waals surface area contributed by atoms with Crippen molar-refractivity contribution in [2.24, 2.45) is 0 Å². The fourth-order valence-electron chi connectivity index (χ4n) is 3.25. The van der Waals surface area contributed by atoms with Crippen LogP contribution < -0.4 is 15.5 Å². The van der Waals surface area contributed by atoms with E-state index in [2.05, 4.69) is 46.7 Å². The highest BCUT2D eigenvalue weighted by atomic mass is 16.3. The van der Waals surface area contributed by atoms with Crippen LogP contribution >= 0.6 is 0 Å². The SMILES string of the molecule is C/C=C/C.CC.Cc1ccccc1N1CCNCC1.O=C(c1ccco1)N1CCNCC1. The highest BCUT2D eigenvalue weighted by molar-refractivity contribution is 5.91. The molecule has 0 aliphatic carbocycles. The van der Waals surface area contributed by atoms with Crippen LogP contribution in [0.3, 0.4) is 0 Å². The molecule has 178 valence electrons. The number of rotatable bonds is 2. The molecule has 1 aromatic heterocycles. The van der Waals surface area contributed by atoms with E-state index in [1.54, 1.807) is 17.0 Å². The fraction of sp³-hybridized carbons (Fsp3) is 0.500. The minimum atomic E-state index is -0.00787. The first kappa shape index (κ1) is 27.5. The van der Waals surface area contributed by atoms with Crippen LogP contribution in [0, 0.1) is 6.92 Å². The standard InChI is InChI=1S/C11H16N2.C9H12N2O2.C4H8.C2H6/c1-10-4-2-3-5-11(10)13-8-6-12-7-9-13;12-9(8-2-1-7-13-8)11-5-3-10-4-6-11;1-3-4-2;1-2/h2-5,12H,6-9H2,1H3;1-2,7,10H,3-6H2;3-4H,1-2H3;1-2H3/b;;4-3+;. The lowest BCUT2D eigenvalue weighted by Crippen LogP contribution is -2.46. The van der Waals surface area contributed by atoms with E-state index in [9.17, 15) is 4.79 Å². The number of hydrogen-bond acceptors (Lipinski definition) is 5. The van der Waals surface area contributed by atoms with Crippen LogP contribution in [0.25, 0.3) is 0 Å². The van der Waals surface area contributed by atoms with Gasteiger partial charge in [-0.2, -0.15) is 0 Å². The molecule has 0 bridgehead atoms. The summed E-state index contributed by atoms with van der Waals surface area (Å²) in [5.41, 5.74) is 2.77. The third-order valence-corrected chi connectivity index (χ3v) is 5.04. The molecule has 2 aliphatic heterocycles. The number of allylic oxidation sites excluding steroid dienone is 2. The third kappa shape index (κ3) is 9.71. The normalized spacial score (nSPS) is 15.5. The number of hydrogen-bond donors (Lipinski definition) is 2. The summed E-state index contributed by atoms with van der Waals surface area (Å²) in [6, 6.07) is 12.0. The van der Waals surface area contributed by atoms with Gasteiger partial charge in [-0.15, -0.1) is 0 Å². The molecule has 2 aromatic rings. The number of carbonyl (C=O) groups excluding carboxylic acids is 1. The summed E-state index contributed by atoms with van der Waals surface area (Å²) in [5, 5.41) is 6.55. The zero-order chi connectivity index (χ0) is 23.6. The van der Waals surface area contributed by atoms with Crippen LogP contribution in [0.4, 0.5) is 5.69 Å². The molecular formula is C26H42N4O2. The number of anilines is 1. The molecule has 2 aliphatic rings. The van der Waals surface area contributed by atoms with Crippen molar-refractivity contribution in [3.05, 3.63) is 66.1 Å². The second kappa shape index (κ2) is 17.0. The Morgan fingerprint density at radius 3 is 1.94 bits per heavy atom. The van der Waals surface area contributed by atoms with Gasteiger partial charge in [0.1, 0.15) is 0 Å². The van der Waals surface area contributed by atoms with E-state index >= 15 is 0 Å². The predicted octanol–water partition coefficient (Wildman–Crippen LogP) is 4.34. The molecule has 2 N–H and O–H groups in total.